The van der Waals surface area contributed by atoms with Gasteiger partial charge in [0.05, 0.1) is 22.4 Å². The van der Waals surface area contributed by atoms with E-state index in [9.17, 15) is 4.79 Å². The van der Waals surface area contributed by atoms with Crippen LogP contribution in [0.15, 0.2) is 30.6 Å². The maximum atomic E-state index is 12.5. The van der Waals surface area contributed by atoms with E-state index in [0.29, 0.717) is 21.6 Å². The minimum atomic E-state index is -0.0793. The van der Waals surface area contributed by atoms with E-state index in [0.717, 1.165) is 38.4 Å². The second-order valence-electron chi connectivity index (χ2n) is 5.77. The van der Waals surface area contributed by atoms with Crippen LogP contribution in [-0.4, -0.2) is 58.4 Å². The third kappa shape index (κ3) is 4.39. The Hall–Kier alpha value is -1.89. The highest BCUT2D eigenvalue weighted by Crippen LogP contribution is 2.26. The number of nitrogens with one attached hydrogen (secondary N) is 1. The van der Waals surface area contributed by atoms with Crippen molar-refractivity contribution in [2.24, 2.45) is 0 Å². The van der Waals surface area contributed by atoms with E-state index in [1.165, 1.54) is 12.4 Å². The molecule has 0 bridgehead atoms. The van der Waals surface area contributed by atoms with Crippen LogP contribution in [0.5, 0.6) is 0 Å². The lowest BCUT2D eigenvalue weighted by atomic mass is 10.3. The number of rotatable bonds is 4. The smallest absolute Gasteiger partial charge is 0.274 e. The Bertz CT molecular complexity index is 745. The van der Waals surface area contributed by atoms with Gasteiger partial charge >= 0.3 is 0 Å². The summed E-state index contributed by atoms with van der Waals surface area (Å²) in [6.45, 7) is 6.37. The summed E-state index contributed by atoms with van der Waals surface area (Å²) in [5.41, 5.74) is 1.10. The van der Waals surface area contributed by atoms with Gasteiger partial charge in [-0.15, -0.1) is 0 Å². The van der Waals surface area contributed by atoms with E-state index in [1.54, 1.807) is 18.2 Å². The molecule has 1 amide bonds. The van der Waals surface area contributed by atoms with Crippen LogP contribution < -0.4 is 5.32 Å². The molecule has 1 aliphatic heterocycles. The number of amides is 1. The molecule has 1 saturated heterocycles. The summed E-state index contributed by atoms with van der Waals surface area (Å²) in [4.78, 5) is 25.1. The van der Waals surface area contributed by atoms with Crippen molar-refractivity contribution in [2.75, 3.05) is 38.0 Å². The van der Waals surface area contributed by atoms with Crippen LogP contribution in [0.4, 0.5) is 11.5 Å². The third-order valence-electron chi connectivity index (χ3n) is 4.17. The molecule has 1 fully saturated rings. The number of benzene rings is 1. The van der Waals surface area contributed by atoms with E-state index in [1.807, 2.05) is 4.90 Å². The predicted molar refractivity (Wildman–Crippen MR) is 99.8 cm³/mol. The normalized spacial score (nSPS) is 15.2. The molecule has 0 atom stereocenters. The van der Waals surface area contributed by atoms with Gasteiger partial charge in [-0.3, -0.25) is 4.79 Å². The minimum Gasteiger partial charge on any atom is -0.339 e. The van der Waals surface area contributed by atoms with E-state index in [2.05, 4.69) is 27.1 Å². The summed E-state index contributed by atoms with van der Waals surface area (Å²) in [6, 6.07) is 5.20. The van der Waals surface area contributed by atoms with Crippen LogP contribution in [0.3, 0.4) is 0 Å². The molecule has 132 valence electrons. The molecule has 6 nitrogen and oxygen atoms in total. The van der Waals surface area contributed by atoms with Gasteiger partial charge in [0.2, 0.25) is 0 Å². The molecule has 3 rings (SSSR count). The Labute approximate surface area is 156 Å². The largest absolute Gasteiger partial charge is 0.339 e. The molecule has 8 heteroatoms. The van der Waals surface area contributed by atoms with E-state index < -0.39 is 0 Å². The maximum absolute atomic E-state index is 12.5. The van der Waals surface area contributed by atoms with Crippen LogP contribution in [-0.2, 0) is 0 Å². The number of halogens is 2. The van der Waals surface area contributed by atoms with E-state index in [4.69, 9.17) is 23.2 Å². The Kier molecular flexibility index (Phi) is 5.73. The molecule has 0 aliphatic carbocycles. The van der Waals surface area contributed by atoms with E-state index >= 15 is 0 Å². The summed E-state index contributed by atoms with van der Waals surface area (Å²) in [5, 5.41) is 4.03. The third-order valence-corrected chi connectivity index (χ3v) is 4.91. The first kappa shape index (κ1) is 17.9. The number of anilines is 2. The number of nitrogens with zero attached hydrogens (tertiary/aromatic N) is 4. The number of piperazine rings is 1. The first-order valence-electron chi connectivity index (χ1n) is 8.12. The Morgan fingerprint density at radius 3 is 2.48 bits per heavy atom. The van der Waals surface area contributed by atoms with Gasteiger partial charge in [-0.05, 0) is 24.7 Å². The number of aromatic nitrogens is 2. The first-order valence-corrected chi connectivity index (χ1v) is 8.88. The maximum Gasteiger partial charge on any atom is 0.274 e. The standard InChI is InChI=1S/C17H19Cl2N5O/c1-2-23-5-7-24(8-6-23)17(25)15-10-21-16(11-20-15)22-12-3-4-13(18)14(19)9-12/h3-4,9-11H,2,5-8H2,1H3,(H,21,22). The van der Waals surface area contributed by atoms with Gasteiger partial charge < -0.3 is 15.1 Å². The van der Waals surface area contributed by atoms with Crippen molar-refractivity contribution in [3.8, 4) is 0 Å². The Balaban J connectivity index is 1.63. The number of hydrogen-bond acceptors (Lipinski definition) is 5. The van der Waals surface area contributed by atoms with Crippen molar-refractivity contribution in [3.63, 3.8) is 0 Å². The molecule has 2 aromatic rings. The fraction of sp³-hybridized carbons (Fsp3) is 0.353. The van der Waals surface area contributed by atoms with Crippen LogP contribution in [0, 0.1) is 0 Å². The average molecular weight is 380 g/mol. The molecule has 0 unspecified atom stereocenters. The fourth-order valence-corrected chi connectivity index (χ4v) is 2.95. The molecule has 1 aromatic heterocycles. The topological polar surface area (TPSA) is 61.4 Å². The second-order valence-corrected chi connectivity index (χ2v) is 6.58. The van der Waals surface area contributed by atoms with Crippen molar-refractivity contribution in [2.45, 2.75) is 6.92 Å². The first-order chi connectivity index (χ1) is 12.1. The molecule has 1 N–H and O–H groups in total. The second kappa shape index (κ2) is 7.99. The number of carbonyl (C=O) groups excluding carboxylic acids is 1. The van der Waals surface area contributed by atoms with Gasteiger partial charge in [0.15, 0.2) is 0 Å². The van der Waals surface area contributed by atoms with Crippen molar-refractivity contribution in [1.29, 1.82) is 0 Å². The number of likely N-dealkylation sites (N-methyl/N-ethyl adjacent to an activating group) is 1. The zero-order valence-corrected chi connectivity index (χ0v) is 15.4. The van der Waals surface area contributed by atoms with Crippen molar-refractivity contribution >= 4 is 40.6 Å². The monoisotopic (exact) mass is 379 g/mol. The number of hydrogen-bond donors (Lipinski definition) is 1. The van der Waals surface area contributed by atoms with Gasteiger partial charge in [-0.1, -0.05) is 30.1 Å². The lowest BCUT2D eigenvalue weighted by Gasteiger charge is -2.33. The fourth-order valence-electron chi connectivity index (χ4n) is 2.65. The molecule has 25 heavy (non-hydrogen) atoms. The van der Waals surface area contributed by atoms with Crippen molar-refractivity contribution in [1.82, 2.24) is 19.8 Å². The van der Waals surface area contributed by atoms with Gasteiger partial charge in [0.25, 0.3) is 5.91 Å². The zero-order chi connectivity index (χ0) is 17.8. The van der Waals surface area contributed by atoms with Crippen LogP contribution >= 0.6 is 23.2 Å². The van der Waals surface area contributed by atoms with Crippen LogP contribution in [0.1, 0.15) is 17.4 Å². The lowest BCUT2D eigenvalue weighted by molar-refractivity contribution is 0.0637. The van der Waals surface area contributed by atoms with Crippen LogP contribution in [0.2, 0.25) is 10.0 Å². The number of carbonyl (C=O) groups is 1. The highest BCUT2D eigenvalue weighted by atomic mass is 35.5. The van der Waals surface area contributed by atoms with Gasteiger partial charge in [-0.25, -0.2) is 9.97 Å². The molecule has 0 radical (unpaired) electrons. The molecular weight excluding hydrogens is 361 g/mol. The molecule has 1 aliphatic rings. The Morgan fingerprint density at radius 2 is 1.88 bits per heavy atom. The van der Waals surface area contributed by atoms with Crippen molar-refractivity contribution in [3.05, 3.63) is 46.3 Å². The molecule has 1 aromatic carbocycles. The quantitative estimate of drug-likeness (QED) is 0.882. The Morgan fingerprint density at radius 1 is 1.12 bits per heavy atom. The van der Waals surface area contributed by atoms with Gasteiger partial charge in [-0.2, -0.15) is 0 Å². The van der Waals surface area contributed by atoms with Crippen molar-refractivity contribution < 1.29 is 4.79 Å². The average Bonchev–Trinajstić information content (AvgIpc) is 2.65. The SMILES string of the molecule is CCN1CCN(C(=O)c2cnc(Nc3ccc(Cl)c(Cl)c3)cn2)CC1. The summed E-state index contributed by atoms with van der Waals surface area (Å²) >= 11 is 11.9. The minimum absolute atomic E-state index is 0.0793. The summed E-state index contributed by atoms with van der Waals surface area (Å²) in [6.07, 6.45) is 3.03. The molecule has 0 saturated carbocycles. The molecular formula is C17H19Cl2N5O. The highest BCUT2D eigenvalue weighted by molar-refractivity contribution is 6.42. The predicted octanol–water partition coefficient (Wildman–Crippen LogP) is 3.30. The van der Waals surface area contributed by atoms with Gasteiger partial charge in [0.1, 0.15) is 11.5 Å². The summed E-state index contributed by atoms with van der Waals surface area (Å²) < 4.78 is 0. The van der Waals surface area contributed by atoms with Crippen LogP contribution in [0.25, 0.3) is 0 Å². The van der Waals surface area contributed by atoms with E-state index in [-0.39, 0.29) is 5.91 Å². The molecule has 2 heterocycles. The highest BCUT2D eigenvalue weighted by Gasteiger charge is 2.22. The lowest BCUT2D eigenvalue weighted by Crippen LogP contribution is -2.48. The summed E-state index contributed by atoms with van der Waals surface area (Å²) in [7, 11) is 0. The van der Waals surface area contributed by atoms with Gasteiger partial charge in [0, 0.05) is 31.9 Å². The molecule has 0 spiro atoms. The summed E-state index contributed by atoms with van der Waals surface area (Å²) in [5.74, 6) is 0.454. The zero-order valence-electron chi connectivity index (χ0n) is 13.9.